The van der Waals surface area contributed by atoms with E-state index < -0.39 is 21.0 Å². The largest absolute Gasteiger partial charge is 0.281 e. The third kappa shape index (κ3) is 3.76. The summed E-state index contributed by atoms with van der Waals surface area (Å²) in [6.07, 6.45) is 0. The number of nitrogens with zero attached hydrogens (tertiary/aromatic N) is 2. The summed E-state index contributed by atoms with van der Waals surface area (Å²) in [7, 11) is -3.19. The van der Waals surface area contributed by atoms with E-state index in [4.69, 9.17) is 5.26 Å². The van der Waals surface area contributed by atoms with Gasteiger partial charge in [-0.05, 0) is 23.8 Å². The highest BCUT2D eigenvalue weighted by Gasteiger charge is 2.33. The molecule has 2 rings (SSSR count). The minimum absolute atomic E-state index is 0.0863. The summed E-state index contributed by atoms with van der Waals surface area (Å²) in [5.41, 5.74) is 0.933. The average molecular weight is 328 g/mol. The molecule has 0 spiro atoms. The van der Waals surface area contributed by atoms with Gasteiger partial charge in [-0.1, -0.05) is 6.92 Å². The summed E-state index contributed by atoms with van der Waals surface area (Å²) in [5.74, 6) is 1.04. The minimum Gasteiger partial charge on any atom is -0.281 e. The van der Waals surface area contributed by atoms with Gasteiger partial charge in [0.2, 0.25) is 0 Å². The van der Waals surface area contributed by atoms with Crippen LogP contribution in [-0.4, -0.2) is 42.5 Å². The fraction of sp³-hybridized carbons (Fsp3) is 0.500. The Morgan fingerprint density at radius 2 is 2.29 bits per heavy atom. The summed E-state index contributed by atoms with van der Waals surface area (Å²) < 4.78 is 37.7. The Kier molecular flexibility index (Phi) is 5.25. The number of hydrogen-bond acceptors (Lipinski definition) is 5. The van der Waals surface area contributed by atoms with Gasteiger partial charge in [0.05, 0.1) is 11.6 Å². The van der Waals surface area contributed by atoms with Gasteiger partial charge in [-0.15, -0.1) is 0 Å². The number of halogens is 1. The van der Waals surface area contributed by atoms with Gasteiger partial charge in [-0.3, -0.25) is 4.90 Å². The normalized spacial score (nSPS) is 20.1. The Morgan fingerprint density at radius 1 is 1.52 bits per heavy atom. The Morgan fingerprint density at radius 3 is 2.95 bits per heavy atom. The molecule has 0 saturated carbocycles. The van der Waals surface area contributed by atoms with Crippen molar-refractivity contribution in [3.8, 4) is 6.07 Å². The predicted molar refractivity (Wildman–Crippen MR) is 82.1 cm³/mol. The van der Waals surface area contributed by atoms with E-state index in [1.54, 1.807) is 18.7 Å². The molecule has 1 aromatic carbocycles. The highest BCUT2D eigenvalue weighted by Crippen LogP contribution is 2.24. The Balaban J connectivity index is 2.28. The van der Waals surface area contributed by atoms with Gasteiger partial charge in [-0.25, -0.2) is 12.8 Å². The quantitative estimate of drug-likeness (QED) is 0.846. The zero-order valence-corrected chi connectivity index (χ0v) is 13.4. The highest BCUT2D eigenvalue weighted by molar-refractivity contribution is 8.01. The minimum atomic E-state index is -3.19. The van der Waals surface area contributed by atoms with Crippen LogP contribution in [0.2, 0.25) is 0 Å². The van der Waals surface area contributed by atoms with Crippen LogP contribution >= 0.6 is 11.8 Å². The van der Waals surface area contributed by atoms with E-state index in [2.05, 4.69) is 0 Å². The van der Waals surface area contributed by atoms with Crippen molar-refractivity contribution >= 4 is 21.6 Å². The highest BCUT2D eigenvalue weighted by atomic mass is 32.2. The topological polar surface area (TPSA) is 61.2 Å². The van der Waals surface area contributed by atoms with Crippen LogP contribution in [0.15, 0.2) is 18.2 Å². The molecule has 1 heterocycles. The van der Waals surface area contributed by atoms with Crippen LogP contribution in [0, 0.1) is 17.1 Å². The molecule has 1 unspecified atom stereocenters. The van der Waals surface area contributed by atoms with Crippen molar-refractivity contribution in [2.75, 3.05) is 23.8 Å². The van der Waals surface area contributed by atoms with Crippen LogP contribution in [0.3, 0.4) is 0 Å². The third-order valence-electron chi connectivity index (χ3n) is 3.57. The molecule has 4 nitrogen and oxygen atoms in total. The SMILES string of the molecule is CCS(=O)(=O)C1CSCCN1Cc1cc(F)ccc1C#N. The van der Waals surface area contributed by atoms with Gasteiger partial charge in [0.1, 0.15) is 11.2 Å². The summed E-state index contributed by atoms with van der Waals surface area (Å²) >= 11 is 1.61. The fourth-order valence-electron chi connectivity index (χ4n) is 2.34. The summed E-state index contributed by atoms with van der Waals surface area (Å²) in [6, 6.07) is 6.03. The van der Waals surface area contributed by atoms with Crippen LogP contribution in [0.1, 0.15) is 18.1 Å². The predicted octanol–water partition coefficient (Wildman–Crippen LogP) is 2.01. The van der Waals surface area contributed by atoms with Crippen molar-refractivity contribution in [3.63, 3.8) is 0 Å². The van der Waals surface area contributed by atoms with Crippen molar-refractivity contribution in [1.82, 2.24) is 4.90 Å². The van der Waals surface area contributed by atoms with Crippen molar-refractivity contribution in [1.29, 1.82) is 5.26 Å². The monoisotopic (exact) mass is 328 g/mol. The molecule has 114 valence electrons. The molecule has 0 radical (unpaired) electrons. The number of hydrogen-bond donors (Lipinski definition) is 0. The first-order valence-electron chi connectivity index (χ1n) is 6.70. The van der Waals surface area contributed by atoms with Crippen molar-refractivity contribution in [2.45, 2.75) is 18.8 Å². The summed E-state index contributed by atoms with van der Waals surface area (Å²) in [6.45, 7) is 2.54. The van der Waals surface area contributed by atoms with E-state index in [0.29, 0.717) is 23.4 Å². The molecule has 21 heavy (non-hydrogen) atoms. The molecule has 1 aliphatic rings. The van der Waals surface area contributed by atoms with Crippen LogP contribution in [0.5, 0.6) is 0 Å². The molecule has 0 N–H and O–H groups in total. The molecule has 0 bridgehead atoms. The molecular formula is C14H17FN2O2S2. The molecule has 1 saturated heterocycles. The molecule has 1 atom stereocenters. The van der Waals surface area contributed by atoms with Crippen molar-refractivity contribution in [3.05, 3.63) is 35.1 Å². The standard InChI is InChI=1S/C14H17FN2O2S2/c1-2-21(18,19)14-10-20-6-5-17(14)9-12-7-13(15)4-3-11(12)8-16/h3-4,7,14H,2,5-6,9-10H2,1H3. The molecule has 1 aliphatic heterocycles. The van der Waals surface area contributed by atoms with E-state index >= 15 is 0 Å². The summed E-state index contributed by atoms with van der Waals surface area (Å²) in [4.78, 5) is 1.84. The van der Waals surface area contributed by atoms with Gasteiger partial charge in [-0.2, -0.15) is 17.0 Å². The molecule has 0 aliphatic carbocycles. The summed E-state index contributed by atoms with van der Waals surface area (Å²) in [5, 5.41) is 8.54. The van der Waals surface area contributed by atoms with Gasteiger partial charge in [0.15, 0.2) is 9.84 Å². The fourth-order valence-corrected chi connectivity index (χ4v) is 5.42. The van der Waals surface area contributed by atoms with E-state index in [1.807, 2.05) is 11.0 Å². The maximum atomic E-state index is 13.4. The Bertz CT molecular complexity index is 655. The molecule has 0 amide bonds. The number of benzene rings is 1. The van der Waals surface area contributed by atoms with E-state index in [-0.39, 0.29) is 12.3 Å². The third-order valence-corrected chi connectivity index (χ3v) is 6.90. The van der Waals surface area contributed by atoms with Gasteiger partial charge < -0.3 is 0 Å². The maximum Gasteiger partial charge on any atom is 0.166 e. The lowest BCUT2D eigenvalue weighted by atomic mass is 10.1. The van der Waals surface area contributed by atoms with Gasteiger partial charge in [0.25, 0.3) is 0 Å². The maximum absolute atomic E-state index is 13.4. The second-order valence-electron chi connectivity index (χ2n) is 4.86. The molecule has 1 fully saturated rings. The van der Waals surface area contributed by atoms with E-state index in [1.165, 1.54) is 18.2 Å². The van der Waals surface area contributed by atoms with E-state index in [0.717, 1.165) is 5.75 Å². The lowest BCUT2D eigenvalue weighted by Gasteiger charge is -2.34. The van der Waals surface area contributed by atoms with E-state index in [9.17, 15) is 12.8 Å². The van der Waals surface area contributed by atoms with Crippen LogP contribution in [0.25, 0.3) is 0 Å². The smallest absolute Gasteiger partial charge is 0.166 e. The van der Waals surface area contributed by atoms with Crippen molar-refractivity contribution in [2.24, 2.45) is 0 Å². The Labute approximate surface area is 128 Å². The zero-order chi connectivity index (χ0) is 15.5. The van der Waals surface area contributed by atoms with Crippen LogP contribution < -0.4 is 0 Å². The van der Waals surface area contributed by atoms with Crippen molar-refractivity contribution < 1.29 is 12.8 Å². The number of sulfone groups is 1. The lowest BCUT2D eigenvalue weighted by molar-refractivity contribution is 0.261. The molecule has 1 aromatic rings. The second-order valence-corrected chi connectivity index (χ2v) is 8.46. The first-order chi connectivity index (χ1) is 9.97. The lowest BCUT2D eigenvalue weighted by Crippen LogP contribution is -2.47. The second kappa shape index (κ2) is 6.77. The number of rotatable bonds is 4. The first kappa shape index (κ1) is 16.3. The first-order valence-corrected chi connectivity index (χ1v) is 9.57. The van der Waals surface area contributed by atoms with Gasteiger partial charge >= 0.3 is 0 Å². The van der Waals surface area contributed by atoms with Crippen LogP contribution in [-0.2, 0) is 16.4 Å². The van der Waals surface area contributed by atoms with Gasteiger partial charge in [0, 0.05) is 30.3 Å². The zero-order valence-electron chi connectivity index (χ0n) is 11.8. The van der Waals surface area contributed by atoms with Crippen LogP contribution in [0.4, 0.5) is 4.39 Å². The molecule has 7 heteroatoms. The number of thioether (sulfide) groups is 1. The average Bonchev–Trinajstić information content (AvgIpc) is 2.48. The number of nitriles is 1. The Hall–Kier alpha value is -1.10. The molecular weight excluding hydrogens is 311 g/mol. The molecule has 0 aromatic heterocycles.